The van der Waals surface area contributed by atoms with Crippen LogP contribution in [0.25, 0.3) is 0 Å². The minimum absolute atomic E-state index is 0.488. The minimum Gasteiger partial charge on any atom is -0.494 e. The minimum atomic E-state index is 0.488. The van der Waals surface area contributed by atoms with Crippen molar-refractivity contribution in [2.45, 2.75) is 51.6 Å². The number of benzene rings is 1. The molecule has 1 aromatic heterocycles. The van der Waals surface area contributed by atoms with E-state index in [0.717, 1.165) is 37.4 Å². The van der Waals surface area contributed by atoms with E-state index in [1.807, 2.05) is 16.8 Å². The van der Waals surface area contributed by atoms with E-state index in [0.29, 0.717) is 12.5 Å². The lowest BCUT2D eigenvalue weighted by atomic mass is 10.2. The Morgan fingerprint density at radius 2 is 2.00 bits per heavy atom. The van der Waals surface area contributed by atoms with Crippen molar-refractivity contribution in [1.29, 1.82) is 0 Å². The van der Waals surface area contributed by atoms with Crippen LogP contribution < -0.4 is 10.5 Å². The molecule has 2 aromatic rings. The molecule has 1 saturated carbocycles. The fraction of sp³-hybridized carbons (Fsp3) is 0.529. The molecule has 1 aliphatic rings. The summed E-state index contributed by atoms with van der Waals surface area (Å²) < 4.78 is 7.80. The summed E-state index contributed by atoms with van der Waals surface area (Å²) in [5.41, 5.74) is 9.23. The van der Waals surface area contributed by atoms with Gasteiger partial charge < -0.3 is 10.5 Å². The van der Waals surface area contributed by atoms with Gasteiger partial charge in [-0.3, -0.25) is 0 Å². The van der Waals surface area contributed by atoms with Crippen molar-refractivity contribution < 1.29 is 4.74 Å². The van der Waals surface area contributed by atoms with Crippen LogP contribution in [-0.2, 0) is 13.1 Å². The molecule has 0 atom stereocenters. The third-order valence-electron chi connectivity index (χ3n) is 4.06. The number of nitrogens with zero attached hydrogens (tertiary/aromatic N) is 3. The van der Waals surface area contributed by atoms with Crippen molar-refractivity contribution >= 4 is 0 Å². The van der Waals surface area contributed by atoms with Crippen LogP contribution in [0.2, 0.25) is 0 Å². The Morgan fingerprint density at radius 1 is 1.23 bits per heavy atom. The van der Waals surface area contributed by atoms with E-state index in [9.17, 15) is 0 Å². The summed E-state index contributed by atoms with van der Waals surface area (Å²) >= 11 is 0. The van der Waals surface area contributed by atoms with Gasteiger partial charge in [0.2, 0.25) is 0 Å². The van der Waals surface area contributed by atoms with Crippen molar-refractivity contribution in [3.05, 3.63) is 41.2 Å². The van der Waals surface area contributed by atoms with Gasteiger partial charge in [0.25, 0.3) is 0 Å². The van der Waals surface area contributed by atoms with E-state index < -0.39 is 0 Å². The Bertz CT molecular complexity index is 602. The largest absolute Gasteiger partial charge is 0.494 e. The predicted octanol–water partition coefficient (Wildman–Crippen LogP) is 2.78. The van der Waals surface area contributed by atoms with Crippen molar-refractivity contribution in [2.24, 2.45) is 5.73 Å². The summed E-state index contributed by atoms with van der Waals surface area (Å²) in [6.45, 7) is 4.20. The first-order valence-corrected chi connectivity index (χ1v) is 8.09. The monoisotopic (exact) mass is 300 g/mol. The second kappa shape index (κ2) is 6.92. The van der Waals surface area contributed by atoms with Gasteiger partial charge in [-0.1, -0.05) is 22.9 Å². The molecule has 2 N–H and O–H groups in total. The number of aromatic nitrogens is 3. The Balaban J connectivity index is 1.43. The highest BCUT2D eigenvalue weighted by atomic mass is 16.5. The molecule has 0 aliphatic heterocycles. The maximum Gasteiger partial charge on any atom is 0.119 e. The second-order valence-corrected chi connectivity index (χ2v) is 5.99. The molecule has 1 heterocycles. The molecule has 0 spiro atoms. The van der Waals surface area contributed by atoms with E-state index in [4.69, 9.17) is 10.5 Å². The fourth-order valence-corrected chi connectivity index (χ4v) is 2.66. The number of unbranched alkanes of at least 4 members (excludes halogenated alkanes) is 1. The van der Waals surface area contributed by atoms with E-state index in [1.165, 1.54) is 24.1 Å². The number of rotatable bonds is 8. The maximum absolute atomic E-state index is 5.75. The van der Waals surface area contributed by atoms with Gasteiger partial charge in [0, 0.05) is 19.0 Å². The van der Waals surface area contributed by atoms with Crippen LogP contribution in [0.3, 0.4) is 0 Å². The highest BCUT2D eigenvalue weighted by Crippen LogP contribution is 2.41. The summed E-state index contributed by atoms with van der Waals surface area (Å²) in [5, 5.41) is 8.47. The smallest absolute Gasteiger partial charge is 0.119 e. The first-order valence-electron chi connectivity index (χ1n) is 8.09. The van der Waals surface area contributed by atoms with Gasteiger partial charge in [-0.05, 0) is 44.7 Å². The third kappa shape index (κ3) is 3.65. The molecule has 0 amide bonds. The van der Waals surface area contributed by atoms with Crippen LogP contribution in [0.5, 0.6) is 5.75 Å². The molecule has 5 nitrogen and oxygen atoms in total. The lowest BCUT2D eigenvalue weighted by molar-refractivity contribution is 0.301. The van der Waals surface area contributed by atoms with E-state index >= 15 is 0 Å². The summed E-state index contributed by atoms with van der Waals surface area (Å²) in [7, 11) is 0. The predicted molar refractivity (Wildman–Crippen MR) is 85.8 cm³/mol. The molecular weight excluding hydrogens is 276 g/mol. The number of aryl methyl sites for hydroxylation is 2. The van der Waals surface area contributed by atoms with Crippen molar-refractivity contribution in [3.8, 4) is 5.75 Å². The SMILES string of the molecule is Cc1ccc(OCCCCn2nnc(CN)c2C2CC2)cc1. The summed E-state index contributed by atoms with van der Waals surface area (Å²) in [6, 6.07) is 8.18. The first kappa shape index (κ1) is 15.0. The number of hydrogen-bond donors (Lipinski definition) is 1. The van der Waals surface area contributed by atoms with Crippen LogP contribution in [0.1, 0.15) is 48.6 Å². The van der Waals surface area contributed by atoms with E-state index in [2.05, 4.69) is 29.4 Å². The molecule has 0 unspecified atom stereocenters. The molecule has 5 heteroatoms. The molecule has 0 saturated heterocycles. The van der Waals surface area contributed by atoms with Gasteiger partial charge in [0.15, 0.2) is 0 Å². The van der Waals surface area contributed by atoms with Gasteiger partial charge >= 0.3 is 0 Å². The first-order chi connectivity index (χ1) is 10.8. The molecule has 1 aromatic carbocycles. The van der Waals surface area contributed by atoms with E-state index in [1.54, 1.807) is 0 Å². The van der Waals surface area contributed by atoms with Crippen LogP contribution in [0, 0.1) is 6.92 Å². The molecule has 1 aliphatic carbocycles. The second-order valence-electron chi connectivity index (χ2n) is 5.99. The van der Waals surface area contributed by atoms with Gasteiger partial charge in [-0.25, -0.2) is 4.68 Å². The molecule has 22 heavy (non-hydrogen) atoms. The zero-order chi connectivity index (χ0) is 15.4. The molecular formula is C17H24N4O. The highest BCUT2D eigenvalue weighted by molar-refractivity contribution is 5.26. The van der Waals surface area contributed by atoms with Crippen LogP contribution in [0.4, 0.5) is 0 Å². The van der Waals surface area contributed by atoms with Gasteiger partial charge in [0.05, 0.1) is 18.0 Å². The van der Waals surface area contributed by atoms with Crippen molar-refractivity contribution in [3.63, 3.8) is 0 Å². The summed E-state index contributed by atoms with van der Waals surface area (Å²) in [5.74, 6) is 1.58. The number of nitrogens with two attached hydrogens (primary N) is 1. The summed E-state index contributed by atoms with van der Waals surface area (Å²) in [6.07, 6.45) is 4.54. The molecule has 118 valence electrons. The molecule has 3 rings (SSSR count). The molecule has 1 fully saturated rings. The highest BCUT2D eigenvalue weighted by Gasteiger charge is 2.30. The lowest BCUT2D eigenvalue weighted by Gasteiger charge is -2.08. The van der Waals surface area contributed by atoms with Crippen LogP contribution in [0.15, 0.2) is 24.3 Å². The normalized spacial score (nSPS) is 14.3. The van der Waals surface area contributed by atoms with Crippen molar-refractivity contribution in [2.75, 3.05) is 6.61 Å². The van der Waals surface area contributed by atoms with E-state index in [-0.39, 0.29) is 0 Å². The molecule has 0 bridgehead atoms. The zero-order valence-electron chi connectivity index (χ0n) is 13.2. The fourth-order valence-electron chi connectivity index (χ4n) is 2.66. The van der Waals surface area contributed by atoms with Crippen LogP contribution in [-0.4, -0.2) is 21.6 Å². The molecule has 0 radical (unpaired) electrons. The standard InChI is InChI=1S/C17H24N4O/c1-13-4-8-15(9-5-13)22-11-3-2-10-21-17(14-6-7-14)16(12-18)19-20-21/h4-5,8-9,14H,2-3,6-7,10-12,18H2,1H3. The van der Waals surface area contributed by atoms with Crippen LogP contribution >= 0.6 is 0 Å². The topological polar surface area (TPSA) is 66.0 Å². The lowest BCUT2D eigenvalue weighted by Crippen LogP contribution is -2.08. The Hall–Kier alpha value is -1.88. The average molecular weight is 300 g/mol. The van der Waals surface area contributed by atoms with Crippen molar-refractivity contribution in [1.82, 2.24) is 15.0 Å². The Labute approximate surface area is 131 Å². The third-order valence-corrected chi connectivity index (χ3v) is 4.06. The van der Waals surface area contributed by atoms with Gasteiger partial charge in [0.1, 0.15) is 5.75 Å². The zero-order valence-corrected chi connectivity index (χ0v) is 13.2. The number of hydrogen-bond acceptors (Lipinski definition) is 4. The average Bonchev–Trinajstić information content (AvgIpc) is 3.29. The Morgan fingerprint density at radius 3 is 2.68 bits per heavy atom. The summed E-state index contributed by atoms with van der Waals surface area (Å²) in [4.78, 5) is 0. The maximum atomic E-state index is 5.75. The Kier molecular flexibility index (Phi) is 4.73. The number of ether oxygens (including phenoxy) is 1. The quantitative estimate of drug-likeness (QED) is 0.761. The van der Waals surface area contributed by atoms with Gasteiger partial charge in [-0.2, -0.15) is 0 Å². The van der Waals surface area contributed by atoms with Gasteiger partial charge in [-0.15, -0.1) is 5.10 Å².